The molecule has 22 heavy (non-hydrogen) atoms. The molecule has 3 nitrogen and oxygen atoms in total. The van der Waals surface area contributed by atoms with Crippen molar-refractivity contribution in [2.75, 3.05) is 0 Å². The van der Waals surface area contributed by atoms with Gasteiger partial charge in [0.25, 0.3) is 0 Å². The molecular weight excluding hydrogens is 293 g/mol. The van der Waals surface area contributed by atoms with E-state index in [9.17, 15) is 18.3 Å². The number of aromatic nitrogens is 2. The fraction of sp³-hybridized carbons (Fsp3) is 0.0625. The number of halogens is 3. The molecule has 0 spiro atoms. The lowest BCUT2D eigenvalue weighted by atomic mass is 10.1. The topological polar surface area (TPSA) is 48.9 Å². The minimum absolute atomic E-state index is 0.0917. The second kappa shape index (κ2) is 5.22. The van der Waals surface area contributed by atoms with Gasteiger partial charge in [-0.1, -0.05) is 42.5 Å². The van der Waals surface area contributed by atoms with Gasteiger partial charge in [-0.05, 0) is 12.1 Å². The van der Waals surface area contributed by atoms with Gasteiger partial charge in [0.2, 0.25) is 0 Å². The third-order valence-electron chi connectivity index (χ3n) is 3.29. The zero-order valence-electron chi connectivity index (χ0n) is 11.2. The van der Waals surface area contributed by atoms with Crippen LogP contribution in [-0.2, 0) is 6.18 Å². The second-order valence-corrected chi connectivity index (χ2v) is 4.74. The highest BCUT2D eigenvalue weighted by atomic mass is 19.4. The third-order valence-corrected chi connectivity index (χ3v) is 3.29. The zero-order chi connectivity index (χ0) is 15.7. The maximum absolute atomic E-state index is 12.6. The SMILES string of the molecule is Oc1c(-c2ccccc2)n[nH]c1-c1ccc(C(F)(F)F)cc1. The van der Waals surface area contributed by atoms with E-state index < -0.39 is 11.7 Å². The molecule has 2 N–H and O–H groups in total. The van der Waals surface area contributed by atoms with Crippen molar-refractivity contribution in [2.45, 2.75) is 6.18 Å². The first-order valence-corrected chi connectivity index (χ1v) is 6.47. The average Bonchev–Trinajstić information content (AvgIpc) is 2.89. The minimum atomic E-state index is -4.39. The summed E-state index contributed by atoms with van der Waals surface area (Å²) in [5, 5.41) is 17.0. The maximum Gasteiger partial charge on any atom is 0.416 e. The summed E-state index contributed by atoms with van der Waals surface area (Å²) in [6, 6.07) is 13.6. The number of benzene rings is 2. The predicted molar refractivity (Wildman–Crippen MR) is 76.1 cm³/mol. The Balaban J connectivity index is 1.98. The molecule has 0 amide bonds. The predicted octanol–water partition coefficient (Wildman–Crippen LogP) is 4.47. The first-order chi connectivity index (χ1) is 10.5. The van der Waals surface area contributed by atoms with Crippen molar-refractivity contribution >= 4 is 0 Å². The molecule has 0 aliphatic heterocycles. The monoisotopic (exact) mass is 304 g/mol. The smallest absolute Gasteiger partial charge is 0.416 e. The molecule has 1 aromatic heterocycles. The second-order valence-electron chi connectivity index (χ2n) is 4.74. The fourth-order valence-corrected chi connectivity index (χ4v) is 2.16. The quantitative estimate of drug-likeness (QED) is 0.734. The Bertz CT molecular complexity index is 777. The summed E-state index contributed by atoms with van der Waals surface area (Å²) in [5.74, 6) is -0.0917. The molecule has 0 fully saturated rings. The molecule has 1 heterocycles. The van der Waals surface area contributed by atoms with Crippen molar-refractivity contribution in [3.8, 4) is 28.3 Å². The number of nitrogens with one attached hydrogen (secondary N) is 1. The van der Waals surface area contributed by atoms with Gasteiger partial charge in [-0.3, -0.25) is 5.10 Å². The Kier molecular flexibility index (Phi) is 3.36. The molecule has 0 unspecified atom stereocenters. The van der Waals surface area contributed by atoms with Gasteiger partial charge in [-0.2, -0.15) is 18.3 Å². The van der Waals surface area contributed by atoms with Crippen molar-refractivity contribution < 1.29 is 18.3 Å². The van der Waals surface area contributed by atoms with Crippen LogP contribution < -0.4 is 0 Å². The number of rotatable bonds is 2. The van der Waals surface area contributed by atoms with E-state index in [1.54, 1.807) is 24.3 Å². The average molecular weight is 304 g/mol. The Labute approximate surface area is 124 Å². The number of nitrogens with zero attached hydrogens (tertiary/aromatic N) is 1. The normalized spacial score (nSPS) is 11.6. The van der Waals surface area contributed by atoms with Crippen LogP contribution >= 0.6 is 0 Å². The van der Waals surface area contributed by atoms with E-state index >= 15 is 0 Å². The molecule has 0 radical (unpaired) electrons. The van der Waals surface area contributed by atoms with Crippen molar-refractivity contribution in [1.29, 1.82) is 0 Å². The van der Waals surface area contributed by atoms with Gasteiger partial charge >= 0.3 is 6.18 Å². The van der Waals surface area contributed by atoms with Crippen LogP contribution in [0.4, 0.5) is 13.2 Å². The lowest BCUT2D eigenvalue weighted by molar-refractivity contribution is -0.137. The molecular formula is C16H11F3N2O. The summed E-state index contributed by atoms with van der Waals surface area (Å²) in [7, 11) is 0. The number of hydrogen-bond donors (Lipinski definition) is 2. The molecule has 0 saturated heterocycles. The van der Waals surface area contributed by atoms with Gasteiger partial charge in [0, 0.05) is 11.1 Å². The highest BCUT2D eigenvalue weighted by molar-refractivity contribution is 5.77. The van der Waals surface area contributed by atoms with E-state index in [4.69, 9.17) is 0 Å². The van der Waals surface area contributed by atoms with Crippen molar-refractivity contribution in [1.82, 2.24) is 10.2 Å². The largest absolute Gasteiger partial charge is 0.504 e. The number of hydrogen-bond acceptors (Lipinski definition) is 2. The number of aromatic hydroxyl groups is 1. The van der Waals surface area contributed by atoms with E-state index in [-0.39, 0.29) is 11.4 Å². The Hall–Kier alpha value is -2.76. The van der Waals surface area contributed by atoms with E-state index in [1.165, 1.54) is 12.1 Å². The third kappa shape index (κ3) is 2.55. The summed E-state index contributed by atoms with van der Waals surface area (Å²) in [5.41, 5.74) is 1.05. The highest BCUT2D eigenvalue weighted by Gasteiger charge is 2.30. The molecule has 0 bridgehead atoms. The lowest BCUT2D eigenvalue weighted by Gasteiger charge is -2.07. The number of H-pyrrole nitrogens is 1. The Morgan fingerprint density at radius 3 is 2.09 bits per heavy atom. The van der Waals surface area contributed by atoms with Crippen LogP contribution in [0.3, 0.4) is 0 Å². The van der Waals surface area contributed by atoms with Gasteiger partial charge in [0.05, 0.1) is 5.56 Å². The van der Waals surface area contributed by atoms with Gasteiger partial charge < -0.3 is 5.11 Å². The molecule has 0 saturated carbocycles. The van der Waals surface area contributed by atoms with Crippen LogP contribution in [0.2, 0.25) is 0 Å². The molecule has 0 aliphatic carbocycles. The lowest BCUT2D eigenvalue weighted by Crippen LogP contribution is -2.03. The van der Waals surface area contributed by atoms with Crippen LogP contribution in [0, 0.1) is 0 Å². The van der Waals surface area contributed by atoms with Crippen molar-refractivity contribution in [2.24, 2.45) is 0 Å². The van der Waals surface area contributed by atoms with Crippen LogP contribution in [0.5, 0.6) is 5.75 Å². The van der Waals surface area contributed by atoms with E-state index in [2.05, 4.69) is 10.2 Å². The van der Waals surface area contributed by atoms with Gasteiger partial charge in [-0.15, -0.1) is 0 Å². The molecule has 2 aromatic carbocycles. The van der Waals surface area contributed by atoms with Crippen molar-refractivity contribution in [3.63, 3.8) is 0 Å². The van der Waals surface area contributed by atoms with Gasteiger partial charge in [-0.25, -0.2) is 0 Å². The zero-order valence-corrected chi connectivity index (χ0v) is 11.2. The van der Waals surface area contributed by atoms with Crippen LogP contribution in [0.15, 0.2) is 54.6 Å². The van der Waals surface area contributed by atoms with Gasteiger partial charge in [0.15, 0.2) is 5.75 Å². The molecule has 3 rings (SSSR count). The van der Waals surface area contributed by atoms with Crippen LogP contribution in [0.25, 0.3) is 22.5 Å². The molecule has 112 valence electrons. The summed E-state index contributed by atoms with van der Waals surface area (Å²) >= 11 is 0. The van der Waals surface area contributed by atoms with E-state index in [0.29, 0.717) is 11.3 Å². The van der Waals surface area contributed by atoms with Crippen LogP contribution in [-0.4, -0.2) is 15.3 Å². The molecule has 0 atom stereocenters. The van der Waals surface area contributed by atoms with Crippen LogP contribution in [0.1, 0.15) is 5.56 Å². The standard InChI is InChI=1S/C16H11F3N2O/c17-16(18,19)12-8-6-11(7-9-12)14-15(22)13(20-21-14)10-4-2-1-3-5-10/h1-9,22H,(H,20,21). The minimum Gasteiger partial charge on any atom is -0.504 e. The first-order valence-electron chi connectivity index (χ1n) is 6.47. The maximum atomic E-state index is 12.6. The summed E-state index contributed by atoms with van der Waals surface area (Å²) in [6.07, 6.45) is -4.39. The van der Waals surface area contributed by atoms with Crippen molar-refractivity contribution in [3.05, 3.63) is 60.2 Å². The fourth-order valence-electron chi connectivity index (χ4n) is 2.16. The Morgan fingerprint density at radius 2 is 1.50 bits per heavy atom. The molecule has 3 aromatic rings. The summed E-state index contributed by atoms with van der Waals surface area (Å²) < 4.78 is 37.7. The van der Waals surface area contributed by atoms with E-state index in [1.807, 2.05) is 6.07 Å². The summed E-state index contributed by atoms with van der Waals surface area (Å²) in [6.45, 7) is 0. The first kappa shape index (κ1) is 14.2. The summed E-state index contributed by atoms with van der Waals surface area (Å²) in [4.78, 5) is 0. The highest BCUT2D eigenvalue weighted by Crippen LogP contribution is 2.37. The van der Waals surface area contributed by atoms with E-state index in [0.717, 1.165) is 17.7 Å². The Morgan fingerprint density at radius 1 is 0.864 bits per heavy atom. The molecule has 6 heteroatoms. The van der Waals surface area contributed by atoms with Gasteiger partial charge in [0.1, 0.15) is 11.4 Å². The number of aromatic amines is 1. The molecule has 0 aliphatic rings. The number of alkyl halides is 3.